The second-order valence-corrected chi connectivity index (χ2v) is 8.98. The van der Waals surface area contributed by atoms with E-state index in [-0.39, 0.29) is 17.9 Å². The molecule has 3 aromatic heterocycles. The molecule has 1 amide bonds. The number of morpholine rings is 1. The van der Waals surface area contributed by atoms with Crippen molar-refractivity contribution >= 4 is 28.8 Å². The van der Waals surface area contributed by atoms with Crippen molar-refractivity contribution in [2.24, 2.45) is 0 Å². The van der Waals surface area contributed by atoms with Gasteiger partial charge >= 0.3 is 0 Å². The van der Waals surface area contributed by atoms with Gasteiger partial charge in [0.25, 0.3) is 0 Å². The summed E-state index contributed by atoms with van der Waals surface area (Å²) in [4.78, 5) is 36.5. The van der Waals surface area contributed by atoms with Crippen LogP contribution in [0, 0.1) is 0 Å². The number of likely N-dealkylation sites (N-methyl/N-ethyl adjacent to an activating group) is 1. The third-order valence-electron chi connectivity index (χ3n) is 6.30. The molecule has 3 aromatic rings. The molecule has 34 heavy (non-hydrogen) atoms. The van der Waals surface area contributed by atoms with Crippen LogP contribution in [0.25, 0.3) is 22.3 Å². The van der Waals surface area contributed by atoms with E-state index in [0.29, 0.717) is 38.8 Å². The molecule has 0 bridgehead atoms. The molecule has 2 aliphatic heterocycles. The standard InChI is InChI=1S/C22H30N10O2/c1-29(2)14-18(33)30-5-3-16(4-6-30)32-20-17(13-26-32)19(15-11-24-21(23)25-12-15)27-22(28-20)31-7-9-34-10-8-31/h11-13,16H,3-10,14H2,1-2H3,(H2,23,24,25). The van der Waals surface area contributed by atoms with Crippen molar-refractivity contribution in [3.8, 4) is 11.3 Å². The maximum Gasteiger partial charge on any atom is 0.236 e. The Kier molecular flexibility index (Phi) is 6.24. The van der Waals surface area contributed by atoms with E-state index in [9.17, 15) is 4.79 Å². The van der Waals surface area contributed by atoms with Crippen LogP contribution in [-0.4, -0.2) is 105 Å². The molecule has 0 saturated carbocycles. The molecule has 2 saturated heterocycles. The number of ether oxygens (including phenoxy) is 1. The highest BCUT2D eigenvalue weighted by atomic mass is 16.5. The lowest BCUT2D eigenvalue weighted by Crippen LogP contribution is -2.43. The summed E-state index contributed by atoms with van der Waals surface area (Å²) >= 11 is 0. The van der Waals surface area contributed by atoms with Gasteiger partial charge in [-0.2, -0.15) is 10.1 Å². The highest BCUT2D eigenvalue weighted by Gasteiger charge is 2.27. The minimum Gasteiger partial charge on any atom is -0.378 e. The smallest absolute Gasteiger partial charge is 0.236 e. The summed E-state index contributed by atoms with van der Waals surface area (Å²) in [6.07, 6.45) is 6.83. The van der Waals surface area contributed by atoms with Gasteiger partial charge in [-0.05, 0) is 26.9 Å². The fourth-order valence-corrected chi connectivity index (χ4v) is 4.50. The van der Waals surface area contributed by atoms with E-state index in [1.54, 1.807) is 12.4 Å². The van der Waals surface area contributed by atoms with E-state index in [1.165, 1.54) is 0 Å². The van der Waals surface area contributed by atoms with E-state index >= 15 is 0 Å². The lowest BCUT2D eigenvalue weighted by atomic mass is 10.0. The molecule has 5 heterocycles. The van der Waals surface area contributed by atoms with E-state index in [1.807, 2.05) is 34.8 Å². The van der Waals surface area contributed by atoms with Gasteiger partial charge in [0.1, 0.15) is 0 Å². The third-order valence-corrected chi connectivity index (χ3v) is 6.30. The lowest BCUT2D eigenvalue weighted by Gasteiger charge is -2.33. The van der Waals surface area contributed by atoms with Gasteiger partial charge in [0.05, 0.1) is 43.1 Å². The van der Waals surface area contributed by atoms with E-state index in [4.69, 9.17) is 25.5 Å². The number of carbonyl (C=O) groups is 1. The number of carbonyl (C=O) groups excluding carboxylic acids is 1. The first kappa shape index (κ1) is 22.4. The molecule has 0 spiro atoms. The Hall–Kier alpha value is -3.38. The highest BCUT2D eigenvalue weighted by Crippen LogP contribution is 2.32. The summed E-state index contributed by atoms with van der Waals surface area (Å²) < 4.78 is 7.51. The Bertz CT molecular complexity index is 1150. The molecule has 12 nitrogen and oxygen atoms in total. The largest absolute Gasteiger partial charge is 0.378 e. The maximum absolute atomic E-state index is 12.5. The molecule has 180 valence electrons. The van der Waals surface area contributed by atoms with Crippen molar-refractivity contribution in [2.75, 3.05) is 70.7 Å². The Labute approximate surface area is 197 Å². The van der Waals surface area contributed by atoms with Crippen molar-refractivity contribution in [3.05, 3.63) is 18.6 Å². The van der Waals surface area contributed by atoms with Crippen LogP contribution in [0.2, 0.25) is 0 Å². The van der Waals surface area contributed by atoms with Crippen molar-refractivity contribution in [3.63, 3.8) is 0 Å². The number of nitrogens with zero attached hydrogens (tertiary/aromatic N) is 9. The van der Waals surface area contributed by atoms with E-state index < -0.39 is 0 Å². The molecule has 0 unspecified atom stereocenters. The van der Waals surface area contributed by atoms with Crippen LogP contribution in [0.4, 0.5) is 11.9 Å². The van der Waals surface area contributed by atoms with Gasteiger partial charge in [-0.15, -0.1) is 0 Å². The normalized spacial score (nSPS) is 17.6. The number of anilines is 2. The number of aromatic nitrogens is 6. The molecule has 0 atom stereocenters. The molecule has 0 radical (unpaired) electrons. The Balaban J connectivity index is 1.48. The van der Waals surface area contributed by atoms with Crippen molar-refractivity contribution in [1.82, 2.24) is 39.5 Å². The van der Waals surface area contributed by atoms with Gasteiger partial charge in [0, 0.05) is 44.1 Å². The van der Waals surface area contributed by atoms with E-state index in [2.05, 4.69) is 14.9 Å². The van der Waals surface area contributed by atoms with Gasteiger partial charge < -0.3 is 25.2 Å². The maximum atomic E-state index is 12.5. The number of amides is 1. The van der Waals surface area contributed by atoms with Crippen molar-refractivity contribution < 1.29 is 9.53 Å². The second kappa shape index (κ2) is 9.47. The number of hydrogen-bond acceptors (Lipinski definition) is 10. The minimum atomic E-state index is 0.156. The predicted molar refractivity (Wildman–Crippen MR) is 127 cm³/mol. The molecular formula is C22H30N10O2. The zero-order valence-electron chi connectivity index (χ0n) is 19.6. The van der Waals surface area contributed by atoms with Gasteiger partial charge in [-0.25, -0.2) is 19.6 Å². The summed E-state index contributed by atoms with van der Waals surface area (Å²) in [6, 6.07) is 0.156. The highest BCUT2D eigenvalue weighted by molar-refractivity contribution is 5.91. The summed E-state index contributed by atoms with van der Waals surface area (Å²) in [5.74, 6) is 1.02. The van der Waals surface area contributed by atoms with Crippen LogP contribution in [0.1, 0.15) is 18.9 Å². The summed E-state index contributed by atoms with van der Waals surface area (Å²) in [7, 11) is 3.83. The zero-order chi connectivity index (χ0) is 23.7. The second-order valence-electron chi connectivity index (χ2n) is 8.98. The van der Waals surface area contributed by atoms with Gasteiger partial charge in [0.15, 0.2) is 5.65 Å². The number of nitrogen functional groups attached to an aromatic ring is 1. The summed E-state index contributed by atoms with van der Waals surface area (Å²) in [5.41, 5.74) is 7.98. The van der Waals surface area contributed by atoms with Gasteiger partial charge in [-0.1, -0.05) is 0 Å². The molecule has 2 N–H and O–H groups in total. The number of likely N-dealkylation sites (tertiary alicyclic amines) is 1. The van der Waals surface area contributed by atoms with Crippen molar-refractivity contribution in [2.45, 2.75) is 18.9 Å². The number of hydrogen-bond donors (Lipinski definition) is 1. The number of piperidine rings is 1. The molecule has 12 heteroatoms. The predicted octanol–water partition coefficient (Wildman–Crippen LogP) is 0.427. The average molecular weight is 467 g/mol. The van der Waals surface area contributed by atoms with Gasteiger partial charge in [-0.3, -0.25) is 4.79 Å². The minimum absolute atomic E-state index is 0.156. The quantitative estimate of drug-likeness (QED) is 0.564. The first-order chi connectivity index (χ1) is 16.5. The fraction of sp³-hybridized carbons (Fsp3) is 0.545. The number of rotatable bonds is 5. The van der Waals surface area contributed by atoms with Crippen LogP contribution in [0.5, 0.6) is 0 Å². The topological polar surface area (TPSA) is 131 Å². The number of nitrogens with two attached hydrogens (primary N) is 1. The Morgan fingerprint density at radius 1 is 1.09 bits per heavy atom. The van der Waals surface area contributed by atoms with Crippen LogP contribution in [0.15, 0.2) is 18.6 Å². The fourth-order valence-electron chi connectivity index (χ4n) is 4.50. The molecule has 5 rings (SSSR count). The monoisotopic (exact) mass is 466 g/mol. The van der Waals surface area contributed by atoms with Crippen LogP contribution >= 0.6 is 0 Å². The molecule has 2 fully saturated rings. The van der Waals surface area contributed by atoms with E-state index in [0.717, 1.165) is 48.2 Å². The average Bonchev–Trinajstić information content (AvgIpc) is 3.28. The lowest BCUT2D eigenvalue weighted by molar-refractivity contribution is -0.133. The Morgan fingerprint density at radius 2 is 1.79 bits per heavy atom. The SMILES string of the molecule is CN(C)CC(=O)N1CCC(n2ncc3c(-c4cnc(N)nc4)nc(N4CCOCC4)nc32)CC1. The third kappa shape index (κ3) is 4.50. The summed E-state index contributed by atoms with van der Waals surface area (Å²) in [6.45, 7) is 4.57. The first-order valence-corrected chi connectivity index (χ1v) is 11.6. The van der Waals surface area contributed by atoms with Crippen LogP contribution < -0.4 is 10.6 Å². The molecular weight excluding hydrogens is 436 g/mol. The molecule has 0 aliphatic carbocycles. The summed E-state index contributed by atoms with van der Waals surface area (Å²) in [5, 5.41) is 5.56. The first-order valence-electron chi connectivity index (χ1n) is 11.6. The van der Waals surface area contributed by atoms with Crippen molar-refractivity contribution in [1.29, 1.82) is 0 Å². The Morgan fingerprint density at radius 3 is 2.47 bits per heavy atom. The zero-order valence-corrected chi connectivity index (χ0v) is 19.6. The molecule has 0 aromatic carbocycles. The number of fused-ring (bicyclic) bond motifs is 1. The van der Waals surface area contributed by atoms with Gasteiger partial charge in [0.2, 0.25) is 17.8 Å². The van der Waals surface area contributed by atoms with Crippen LogP contribution in [-0.2, 0) is 9.53 Å². The van der Waals surface area contributed by atoms with Crippen LogP contribution in [0.3, 0.4) is 0 Å². The molecule has 2 aliphatic rings.